The summed E-state index contributed by atoms with van der Waals surface area (Å²) in [4.78, 5) is 25.6. The van der Waals surface area contributed by atoms with Crippen LogP contribution in [0.4, 0.5) is 5.69 Å². The average Bonchev–Trinajstić information content (AvgIpc) is 3.13. The Bertz CT molecular complexity index is 789. The lowest BCUT2D eigenvalue weighted by molar-refractivity contribution is -0.121. The molecule has 1 saturated heterocycles. The summed E-state index contributed by atoms with van der Waals surface area (Å²) < 4.78 is 10.8. The molecule has 142 valence electrons. The molecule has 0 spiro atoms. The van der Waals surface area contributed by atoms with Gasteiger partial charge in [0.2, 0.25) is 11.8 Å². The summed E-state index contributed by atoms with van der Waals surface area (Å²) in [7, 11) is 1.58. The number of nitrogens with one attached hydrogen (secondary N) is 1. The quantitative estimate of drug-likeness (QED) is 0.778. The molecule has 1 fully saturated rings. The lowest BCUT2D eigenvalue weighted by Gasteiger charge is -2.16. The van der Waals surface area contributed by atoms with Gasteiger partial charge in [0.25, 0.3) is 0 Å². The van der Waals surface area contributed by atoms with Crippen LogP contribution >= 0.6 is 0 Å². The molecule has 0 radical (unpaired) electrons. The number of hydrogen-bond acceptors (Lipinski definition) is 4. The molecule has 0 saturated carbocycles. The van der Waals surface area contributed by atoms with Gasteiger partial charge in [0.15, 0.2) is 11.5 Å². The summed E-state index contributed by atoms with van der Waals surface area (Å²) in [5, 5.41) is 2.88. The number of carbonyl (C=O) groups excluding carboxylic acids is 2. The molecular formula is C21H24N2O4. The van der Waals surface area contributed by atoms with Crippen molar-refractivity contribution in [3.05, 3.63) is 54.1 Å². The van der Waals surface area contributed by atoms with E-state index in [2.05, 4.69) is 5.32 Å². The molecule has 1 aliphatic rings. The molecule has 0 atom stereocenters. The minimum atomic E-state index is -0.0799. The number of carbonyl (C=O) groups is 2. The molecule has 3 rings (SSSR count). The summed E-state index contributed by atoms with van der Waals surface area (Å²) in [6.45, 7) is 1.51. The van der Waals surface area contributed by atoms with Crippen molar-refractivity contribution in [3.8, 4) is 11.5 Å². The molecule has 0 aromatic heterocycles. The van der Waals surface area contributed by atoms with E-state index in [-0.39, 0.29) is 24.8 Å². The van der Waals surface area contributed by atoms with Gasteiger partial charge in [-0.3, -0.25) is 9.59 Å². The molecule has 2 amide bonds. The fourth-order valence-electron chi connectivity index (χ4n) is 3.00. The fourth-order valence-corrected chi connectivity index (χ4v) is 3.00. The summed E-state index contributed by atoms with van der Waals surface area (Å²) in [6.07, 6.45) is 1.79. The molecule has 2 aromatic rings. The van der Waals surface area contributed by atoms with Crippen LogP contribution in [0.25, 0.3) is 0 Å². The number of amides is 2. The number of methoxy groups -OCH3 is 1. The molecule has 6 heteroatoms. The Kier molecular flexibility index (Phi) is 6.30. The van der Waals surface area contributed by atoms with Crippen molar-refractivity contribution in [2.45, 2.75) is 25.8 Å². The lowest BCUT2D eigenvalue weighted by Crippen LogP contribution is -2.25. The third-order valence-corrected chi connectivity index (χ3v) is 4.47. The molecule has 1 heterocycles. The molecule has 1 aliphatic heterocycles. The van der Waals surface area contributed by atoms with Crippen LogP contribution < -0.4 is 19.7 Å². The van der Waals surface area contributed by atoms with E-state index in [1.165, 1.54) is 0 Å². The first-order valence-electron chi connectivity index (χ1n) is 9.09. The number of para-hydroxylation sites is 2. The van der Waals surface area contributed by atoms with Crippen molar-refractivity contribution in [1.29, 1.82) is 0 Å². The Morgan fingerprint density at radius 3 is 2.52 bits per heavy atom. The maximum atomic E-state index is 12.0. The second-order valence-electron chi connectivity index (χ2n) is 6.34. The molecule has 2 aromatic carbocycles. The highest BCUT2D eigenvalue weighted by molar-refractivity contribution is 5.95. The first-order chi connectivity index (χ1) is 13.2. The smallest absolute Gasteiger partial charge is 0.227 e. The zero-order valence-corrected chi connectivity index (χ0v) is 15.4. The number of ether oxygens (including phenoxy) is 2. The average molecular weight is 368 g/mol. The zero-order chi connectivity index (χ0) is 19.1. The number of anilines is 1. The van der Waals surface area contributed by atoms with E-state index in [0.717, 1.165) is 24.2 Å². The van der Waals surface area contributed by atoms with E-state index in [1.54, 1.807) is 12.0 Å². The van der Waals surface area contributed by atoms with Gasteiger partial charge >= 0.3 is 0 Å². The van der Waals surface area contributed by atoms with Crippen molar-refractivity contribution in [1.82, 2.24) is 5.32 Å². The van der Waals surface area contributed by atoms with Gasteiger partial charge < -0.3 is 19.7 Å². The third kappa shape index (κ3) is 5.00. The Hall–Kier alpha value is -3.02. The monoisotopic (exact) mass is 368 g/mol. The summed E-state index contributed by atoms with van der Waals surface area (Å²) >= 11 is 0. The normalized spacial score (nSPS) is 13.5. The molecule has 0 aliphatic carbocycles. The van der Waals surface area contributed by atoms with Crippen molar-refractivity contribution in [2.24, 2.45) is 0 Å². The van der Waals surface area contributed by atoms with Crippen LogP contribution in [-0.4, -0.2) is 32.1 Å². The highest BCUT2D eigenvalue weighted by atomic mass is 16.5. The van der Waals surface area contributed by atoms with Gasteiger partial charge in [-0.05, 0) is 36.2 Å². The Morgan fingerprint density at radius 2 is 1.85 bits per heavy atom. The SMILES string of the molecule is COc1ccccc1OCCC(=O)NCc1ccc(N2CCCC2=O)cc1. The Balaban J connectivity index is 1.42. The number of rotatable bonds is 8. The second kappa shape index (κ2) is 9.07. The van der Waals surface area contributed by atoms with Gasteiger partial charge in [-0.1, -0.05) is 24.3 Å². The topological polar surface area (TPSA) is 67.9 Å². The van der Waals surface area contributed by atoms with E-state index >= 15 is 0 Å². The van der Waals surface area contributed by atoms with E-state index in [4.69, 9.17) is 9.47 Å². The standard InChI is InChI=1S/C21H24N2O4/c1-26-18-5-2-3-6-19(18)27-14-12-20(24)22-15-16-8-10-17(11-9-16)23-13-4-7-21(23)25/h2-3,5-6,8-11H,4,7,12-15H2,1H3,(H,22,24). The van der Waals surface area contributed by atoms with Gasteiger partial charge in [0, 0.05) is 25.2 Å². The van der Waals surface area contributed by atoms with Gasteiger partial charge in [-0.15, -0.1) is 0 Å². The Labute approximate surface area is 159 Å². The summed E-state index contributed by atoms with van der Waals surface area (Å²) in [6, 6.07) is 15.1. The second-order valence-corrected chi connectivity index (χ2v) is 6.34. The van der Waals surface area contributed by atoms with Crippen molar-refractivity contribution in [2.75, 3.05) is 25.2 Å². The lowest BCUT2D eigenvalue weighted by atomic mass is 10.2. The number of hydrogen-bond donors (Lipinski definition) is 1. The van der Waals surface area contributed by atoms with E-state index in [0.29, 0.717) is 24.5 Å². The van der Waals surface area contributed by atoms with Gasteiger partial charge in [0.1, 0.15) is 0 Å². The number of benzene rings is 2. The predicted molar refractivity (Wildman–Crippen MR) is 103 cm³/mol. The van der Waals surface area contributed by atoms with Crippen molar-refractivity contribution < 1.29 is 19.1 Å². The maximum Gasteiger partial charge on any atom is 0.227 e. The van der Waals surface area contributed by atoms with Crippen LogP contribution in [0.3, 0.4) is 0 Å². The Morgan fingerprint density at radius 1 is 1.11 bits per heavy atom. The van der Waals surface area contributed by atoms with Crippen LogP contribution in [0.2, 0.25) is 0 Å². The predicted octanol–water partition coefficient (Wildman–Crippen LogP) is 2.91. The van der Waals surface area contributed by atoms with E-state index in [9.17, 15) is 9.59 Å². The number of nitrogens with zero attached hydrogens (tertiary/aromatic N) is 1. The van der Waals surface area contributed by atoms with Crippen LogP contribution in [0.15, 0.2) is 48.5 Å². The van der Waals surface area contributed by atoms with Crippen molar-refractivity contribution >= 4 is 17.5 Å². The van der Waals surface area contributed by atoms with E-state index < -0.39 is 0 Å². The molecule has 1 N–H and O–H groups in total. The van der Waals surface area contributed by atoms with Gasteiger partial charge in [0.05, 0.1) is 20.1 Å². The largest absolute Gasteiger partial charge is 0.493 e. The summed E-state index contributed by atoms with van der Waals surface area (Å²) in [5.41, 5.74) is 1.90. The zero-order valence-electron chi connectivity index (χ0n) is 15.4. The third-order valence-electron chi connectivity index (χ3n) is 4.47. The van der Waals surface area contributed by atoms with Crippen LogP contribution in [0.5, 0.6) is 11.5 Å². The molecule has 6 nitrogen and oxygen atoms in total. The maximum absolute atomic E-state index is 12.0. The van der Waals surface area contributed by atoms with Crippen LogP contribution in [0, 0.1) is 0 Å². The minimum Gasteiger partial charge on any atom is -0.493 e. The minimum absolute atomic E-state index is 0.0799. The first kappa shape index (κ1) is 18.8. The van der Waals surface area contributed by atoms with Crippen LogP contribution in [0.1, 0.15) is 24.8 Å². The van der Waals surface area contributed by atoms with Gasteiger partial charge in [-0.2, -0.15) is 0 Å². The van der Waals surface area contributed by atoms with Crippen molar-refractivity contribution in [3.63, 3.8) is 0 Å². The highest BCUT2D eigenvalue weighted by Crippen LogP contribution is 2.25. The molecule has 0 bridgehead atoms. The van der Waals surface area contributed by atoms with Crippen LogP contribution in [-0.2, 0) is 16.1 Å². The molecule has 27 heavy (non-hydrogen) atoms. The van der Waals surface area contributed by atoms with Gasteiger partial charge in [-0.25, -0.2) is 0 Å². The van der Waals surface area contributed by atoms with E-state index in [1.807, 2.05) is 48.5 Å². The first-order valence-corrected chi connectivity index (χ1v) is 9.09. The molecule has 0 unspecified atom stereocenters. The fraction of sp³-hybridized carbons (Fsp3) is 0.333. The molecular weight excluding hydrogens is 344 g/mol. The highest BCUT2D eigenvalue weighted by Gasteiger charge is 2.21. The summed E-state index contributed by atoms with van der Waals surface area (Å²) in [5.74, 6) is 1.36.